The van der Waals surface area contributed by atoms with Crippen LogP contribution in [0.3, 0.4) is 0 Å². The third-order valence-corrected chi connectivity index (χ3v) is 3.90. The molecule has 3 rings (SSSR count). The molecule has 0 fully saturated rings. The number of ether oxygens (including phenoxy) is 5. The minimum Gasteiger partial charge on any atom is -0.493 e. The number of hydrogen-bond acceptors (Lipinski definition) is 9. The molecule has 1 aromatic carbocycles. The molecule has 0 atom stereocenters. The predicted octanol–water partition coefficient (Wildman–Crippen LogP) is 2.94. The third-order valence-electron chi connectivity index (χ3n) is 3.90. The van der Waals surface area contributed by atoms with Crippen molar-refractivity contribution in [1.82, 2.24) is 9.97 Å². The minimum absolute atomic E-state index is 0.0697. The SMILES string of the molecule is COc1cc(OC)c(OC(=O)c2ccccn2)c(OC)c1OC(=O)c1ccccn1. The van der Waals surface area contributed by atoms with Gasteiger partial charge in [-0.05, 0) is 24.3 Å². The number of esters is 2. The van der Waals surface area contributed by atoms with Crippen molar-refractivity contribution in [1.29, 1.82) is 0 Å². The van der Waals surface area contributed by atoms with Gasteiger partial charge in [-0.3, -0.25) is 0 Å². The number of carbonyl (C=O) groups is 2. The number of carbonyl (C=O) groups excluding carboxylic acids is 2. The highest BCUT2D eigenvalue weighted by Gasteiger charge is 2.28. The highest BCUT2D eigenvalue weighted by Crippen LogP contribution is 2.50. The summed E-state index contributed by atoms with van der Waals surface area (Å²) in [5.74, 6) is -1.50. The van der Waals surface area contributed by atoms with E-state index in [1.807, 2.05) is 0 Å². The van der Waals surface area contributed by atoms with E-state index in [0.29, 0.717) is 0 Å². The monoisotopic (exact) mass is 410 g/mol. The lowest BCUT2D eigenvalue weighted by Crippen LogP contribution is -2.14. The molecule has 0 saturated carbocycles. The summed E-state index contributed by atoms with van der Waals surface area (Å²) in [7, 11) is 4.09. The Morgan fingerprint density at radius 1 is 0.667 bits per heavy atom. The normalized spacial score (nSPS) is 10.1. The fraction of sp³-hybridized carbons (Fsp3) is 0.143. The largest absolute Gasteiger partial charge is 0.493 e. The molecule has 0 bridgehead atoms. The zero-order valence-electron chi connectivity index (χ0n) is 16.4. The first kappa shape index (κ1) is 20.6. The van der Waals surface area contributed by atoms with E-state index in [9.17, 15) is 9.59 Å². The standard InChI is InChI=1S/C21H18N2O7/c1-26-15-12-16(27-2)18(30-21(25)14-9-5-7-11-23-14)19(28-3)17(15)29-20(24)13-8-4-6-10-22-13/h4-12H,1-3H3. The molecule has 2 heterocycles. The Morgan fingerprint density at radius 3 is 1.47 bits per heavy atom. The molecule has 0 amide bonds. The van der Waals surface area contributed by atoms with Gasteiger partial charge in [0.25, 0.3) is 0 Å². The summed E-state index contributed by atoms with van der Waals surface area (Å²) in [5, 5.41) is 0. The van der Waals surface area contributed by atoms with Crippen molar-refractivity contribution in [3.8, 4) is 28.7 Å². The van der Waals surface area contributed by atoms with Crippen molar-refractivity contribution in [2.45, 2.75) is 0 Å². The summed E-state index contributed by atoms with van der Waals surface area (Å²) in [4.78, 5) is 32.9. The van der Waals surface area contributed by atoms with Gasteiger partial charge in [-0.25, -0.2) is 19.6 Å². The Bertz CT molecular complexity index is 960. The van der Waals surface area contributed by atoms with Gasteiger partial charge in [0.1, 0.15) is 11.4 Å². The van der Waals surface area contributed by atoms with Gasteiger partial charge in [0, 0.05) is 18.5 Å². The maximum atomic E-state index is 12.5. The molecule has 0 aliphatic rings. The molecule has 0 aliphatic carbocycles. The van der Waals surface area contributed by atoms with Crippen LogP contribution in [0, 0.1) is 0 Å². The van der Waals surface area contributed by atoms with Crippen LogP contribution in [-0.4, -0.2) is 43.2 Å². The number of benzene rings is 1. The lowest BCUT2D eigenvalue weighted by molar-refractivity contribution is 0.0708. The summed E-state index contributed by atoms with van der Waals surface area (Å²) in [5.41, 5.74) is 0.147. The number of aromatic nitrogens is 2. The van der Waals surface area contributed by atoms with E-state index in [4.69, 9.17) is 23.7 Å². The number of pyridine rings is 2. The van der Waals surface area contributed by atoms with E-state index in [2.05, 4.69) is 9.97 Å². The average molecular weight is 410 g/mol. The van der Waals surface area contributed by atoms with Gasteiger partial charge in [0.05, 0.1) is 21.3 Å². The molecule has 0 N–H and O–H groups in total. The molecule has 0 spiro atoms. The van der Waals surface area contributed by atoms with E-state index in [1.165, 1.54) is 51.9 Å². The average Bonchev–Trinajstić information content (AvgIpc) is 2.80. The first-order valence-electron chi connectivity index (χ1n) is 8.68. The summed E-state index contributed by atoms with van der Waals surface area (Å²) < 4.78 is 26.9. The van der Waals surface area contributed by atoms with Crippen molar-refractivity contribution in [3.63, 3.8) is 0 Å². The summed E-state index contributed by atoms with van der Waals surface area (Å²) >= 11 is 0. The highest BCUT2D eigenvalue weighted by molar-refractivity contribution is 5.92. The second-order valence-corrected chi connectivity index (χ2v) is 5.68. The van der Waals surface area contributed by atoms with E-state index in [-0.39, 0.29) is 40.1 Å². The number of rotatable bonds is 7. The van der Waals surface area contributed by atoms with Gasteiger partial charge in [0.2, 0.25) is 17.2 Å². The lowest BCUT2D eigenvalue weighted by atomic mass is 10.2. The Morgan fingerprint density at radius 2 is 1.13 bits per heavy atom. The molecule has 9 nitrogen and oxygen atoms in total. The Hall–Kier alpha value is -4.14. The van der Waals surface area contributed by atoms with Crippen molar-refractivity contribution < 1.29 is 33.3 Å². The molecular formula is C21H18N2O7. The predicted molar refractivity (Wildman–Crippen MR) is 104 cm³/mol. The van der Waals surface area contributed by atoms with Crippen LogP contribution in [0.4, 0.5) is 0 Å². The highest BCUT2D eigenvalue weighted by atomic mass is 16.6. The van der Waals surface area contributed by atoms with Crippen molar-refractivity contribution in [2.24, 2.45) is 0 Å². The van der Waals surface area contributed by atoms with Gasteiger partial charge < -0.3 is 23.7 Å². The molecule has 0 saturated heterocycles. The molecule has 2 aromatic heterocycles. The molecule has 30 heavy (non-hydrogen) atoms. The van der Waals surface area contributed by atoms with Crippen LogP contribution in [0.15, 0.2) is 54.9 Å². The molecule has 154 valence electrons. The van der Waals surface area contributed by atoms with Gasteiger partial charge in [-0.2, -0.15) is 0 Å². The van der Waals surface area contributed by atoms with Crippen molar-refractivity contribution in [2.75, 3.05) is 21.3 Å². The second-order valence-electron chi connectivity index (χ2n) is 5.68. The first-order chi connectivity index (χ1) is 14.6. The number of hydrogen-bond donors (Lipinski definition) is 0. The van der Waals surface area contributed by atoms with Gasteiger partial charge in [-0.15, -0.1) is 0 Å². The maximum absolute atomic E-state index is 12.5. The van der Waals surface area contributed by atoms with E-state index < -0.39 is 11.9 Å². The summed E-state index contributed by atoms with van der Waals surface area (Å²) in [6.07, 6.45) is 2.91. The van der Waals surface area contributed by atoms with Crippen LogP contribution < -0.4 is 23.7 Å². The molecular weight excluding hydrogens is 392 g/mol. The molecule has 0 radical (unpaired) electrons. The molecule has 0 unspecified atom stereocenters. The van der Waals surface area contributed by atoms with Crippen molar-refractivity contribution >= 4 is 11.9 Å². The van der Waals surface area contributed by atoms with E-state index in [1.54, 1.807) is 24.3 Å². The Balaban J connectivity index is 2.04. The quantitative estimate of drug-likeness (QED) is 0.429. The maximum Gasteiger partial charge on any atom is 0.362 e. The van der Waals surface area contributed by atoms with Crippen LogP contribution in [0.25, 0.3) is 0 Å². The van der Waals surface area contributed by atoms with E-state index in [0.717, 1.165) is 0 Å². The van der Waals surface area contributed by atoms with Crippen LogP contribution >= 0.6 is 0 Å². The van der Waals surface area contributed by atoms with Gasteiger partial charge in [0.15, 0.2) is 11.5 Å². The second kappa shape index (κ2) is 9.37. The van der Waals surface area contributed by atoms with Crippen LogP contribution in [0.5, 0.6) is 28.7 Å². The van der Waals surface area contributed by atoms with Gasteiger partial charge >= 0.3 is 11.9 Å². The molecule has 9 heteroatoms. The first-order valence-corrected chi connectivity index (χ1v) is 8.68. The smallest absolute Gasteiger partial charge is 0.362 e. The van der Waals surface area contributed by atoms with Crippen LogP contribution in [0.1, 0.15) is 21.0 Å². The fourth-order valence-corrected chi connectivity index (χ4v) is 2.52. The minimum atomic E-state index is -0.751. The topological polar surface area (TPSA) is 106 Å². The third kappa shape index (κ3) is 4.30. The fourth-order valence-electron chi connectivity index (χ4n) is 2.52. The van der Waals surface area contributed by atoms with Crippen molar-refractivity contribution in [3.05, 3.63) is 66.2 Å². The number of nitrogens with zero attached hydrogens (tertiary/aromatic N) is 2. The van der Waals surface area contributed by atoms with Crippen LogP contribution in [-0.2, 0) is 0 Å². The molecule has 0 aliphatic heterocycles. The molecule has 3 aromatic rings. The lowest BCUT2D eigenvalue weighted by Gasteiger charge is -2.18. The zero-order chi connectivity index (χ0) is 21.5. The van der Waals surface area contributed by atoms with Crippen LogP contribution in [0.2, 0.25) is 0 Å². The summed E-state index contributed by atoms with van der Waals surface area (Å²) in [6.45, 7) is 0. The van der Waals surface area contributed by atoms with E-state index >= 15 is 0 Å². The Kier molecular flexibility index (Phi) is 6.43. The van der Waals surface area contributed by atoms with Gasteiger partial charge in [-0.1, -0.05) is 12.1 Å². The zero-order valence-corrected chi connectivity index (χ0v) is 16.4. The summed E-state index contributed by atoms with van der Waals surface area (Å²) in [6, 6.07) is 11.0. The number of methoxy groups -OCH3 is 3. The Labute approximate surface area is 172 Å².